The Kier molecular flexibility index (Phi) is 7.94. The van der Waals surface area contributed by atoms with Crippen LogP contribution in [0.3, 0.4) is 0 Å². The number of hydrogen-bond acceptors (Lipinski definition) is 5. The van der Waals surface area contributed by atoms with Gasteiger partial charge in [0.1, 0.15) is 11.0 Å². The van der Waals surface area contributed by atoms with Crippen LogP contribution >= 0.6 is 11.6 Å². The molecule has 3 aromatic rings. The number of fused-ring (bicyclic) bond motifs is 1. The molecule has 1 saturated heterocycles. The molecule has 0 bridgehead atoms. The number of hydrogen-bond donors (Lipinski definition) is 1. The molecule has 6 heteroatoms. The molecule has 0 amide bonds. The second kappa shape index (κ2) is 11.1. The molecule has 1 aromatic heterocycles. The van der Waals surface area contributed by atoms with Gasteiger partial charge in [-0.15, -0.1) is 0 Å². The Bertz CT molecular complexity index is 1060. The van der Waals surface area contributed by atoms with Gasteiger partial charge in [-0.25, -0.2) is 4.98 Å². The first-order valence-electron chi connectivity index (χ1n) is 11.9. The van der Waals surface area contributed by atoms with Crippen LogP contribution in [0.2, 0.25) is 5.15 Å². The van der Waals surface area contributed by atoms with Gasteiger partial charge in [-0.2, -0.15) is 0 Å². The maximum absolute atomic E-state index is 6.26. The summed E-state index contributed by atoms with van der Waals surface area (Å²) in [4.78, 5) is 7.06. The van der Waals surface area contributed by atoms with E-state index in [4.69, 9.17) is 21.1 Å². The summed E-state index contributed by atoms with van der Waals surface area (Å²) in [5.41, 5.74) is 1.25. The molecule has 0 atom stereocenters. The van der Waals surface area contributed by atoms with E-state index in [1.54, 1.807) is 0 Å². The maximum atomic E-state index is 6.26. The molecule has 4 rings (SSSR count). The van der Waals surface area contributed by atoms with Crippen molar-refractivity contribution in [3.63, 3.8) is 0 Å². The Hall–Kier alpha value is -2.50. The van der Waals surface area contributed by atoms with E-state index in [-0.39, 0.29) is 0 Å². The summed E-state index contributed by atoms with van der Waals surface area (Å²) >= 11 is 6.26. The first-order chi connectivity index (χ1) is 16.0. The van der Waals surface area contributed by atoms with Crippen LogP contribution in [0.25, 0.3) is 10.8 Å². The molecule has 0 aliphatic carbocycles. The van der Waals surface area contributed by atoms with E-state index in [0.29, 0.717) is 30.3 Å². The largest absolute Gasteiger partial charge is 0.490 e. The van der Waals surface area contributed by atoms with Gasteiger partial charge in [0, 0.05) is 31.1 Å². The van der Waals surface area contributed by atoms with Crippen molar-refractivity contribution in [2.24, 2.45) is 5.92 Å². The Balaban J connectivity index is 1.35. The number of rotatable bonds is 9. The molecule has 2 heterocycles. The summed E-state index contributed by atoms with van der Waals surface area (Å²) in [6, 6.07) is 16.9. The molecule has 1 fully saturated rings. The van der Waals surface area contributed by atoms with Crippen molar-refractivity contribution in [3.8, 4) is 11.5 Å². The van der Waals surface area contributed by atoms with Crippen LogP contribution in [-0.4, -0.2) is 42.2 Å². The zero-order valence-corrected chi connectivity index (χ0v) is 20.6. The Morgan fingerprint density at radius 1 is 1.06 bits per heavy atom. The lowest BCUT2D eigenvalue weighted by Crippen LogP contribution is -2.38. The monoisotopic (exact) mass is 467 g/mol. The lowest BCUT2D eigenvalue weighted by molar-refractivity contribution is 0.210. The SMILES string of the molecule is CCOc1cc(CN2CCC(Nc3nc(Cl)cc4ccccc34)CC2)ccc1OCC(C)C. The Labute approximate surface area is 202 Å². The summed E-state index contributed by atoms with van der Waals surface area (Å²) < 4.78 is 11.8. The smallest absolute Gasteiger partial charge is 0.161 e. The van der Waals surface area contributed by atoms with E-state index in [9.17, 15) is 0 Å². The predicted molar refractivity (Wildman–Crippen MR) is 137 cm³/mol. The third-order valence-electron chi connectivity index (χ3n) is 5.92. The van der Waals surface area contributed by atoms with E-state index in [2.05, 4.69) is 53.3 Å². The van der Waals surface area contributed by atoms with E-state index in [1.807, 2.05) is 31.2 Å². The maximum Gasteiger partial charge on any atom is 0.161 e. The first-order valence-corrected chi connectivity index (χ1v) is 12.3. The number of piperidine rings is 1. The number of pyridine rings is 1. The number of aromatic nitrogens is 1. The number of likely N-dealkylation sites (tertiary alicyclic amines) is 1. The molecule has 0 unspecified atom stereocenters. The van der Waals surface area contributed by atoms with Crippen LogP contribution < -0.4 is 14.8 Å². The number of ether oxygens (including phenoxy) is 2. The quantitative estimate of drug-likeness (QED) is 0.369. The summed E-state index contributed by atoms with van der Waals surface area (Å²) in [7, 11) is 0. The second-order valence-electron chi connectivity index (χ2n) is 9.13. The zero-order chi connectivity index (χ0) is 23.2. The average molecular weight is 468 g/mol. The van der Waals surface area contributed by atoms with Gasteiger partial charge in [0.05, 0.1) is 13.2 Å². The van der Waals surface area contributed by atoms with Gasteiger partial charge in [-0.05, 0) is 54.8 Å². The minimum absolute atomic E-state index is 0.390. The number of benzene rings is 2. The van der Waals surface area contributed by atoms with Crippen LogP contribution in [-0.2, 0) is 6.54 Å². The fraction of sp³-hybridized carbons (Fsp3) is 0.444. The minimum Gasteiger partial charge on any atom is -0.490 e. The molecule has 0 saturated carbocycles. The van der Waals surface area contributed by atoms with Crippen molar-refractivity contribution in [3.05, 3.63) is 59.2 Å². The molecule has 1 N–H and O–H groups in total. The Morgan fingerprint density at radius 2 is 1.85 bits per heavy atom. The lowest BCUT2D eigenvalue weighted by Gasteiger charge is -2.33. The minimum atomic E-state index is 0.390. The summed E-state index contributed by atoms with van der Waals surface area (Å²) in [5.74, 6) is 3.04. The summed E-state index contributed by atoms with van der Waals surface area (Å²) in [5, 5.41) is 6.41. The highest BCUT2D eigenvalue weighted by atomic mass is 35.5. The van der Waals surface area contributed by atoms with Crippen LogP contribution in [0.15, 0.2) is 48.5 Å². The molecular formula is C27H34ClN3O2. The van der Waals surface area contributed by atoms with Gasteiger partial charge in [0.15, 0.2) is 11.5 Å². The zero-order valence-electron chi connectivity index (χ0n) is 19.8. The average Bonchev–Trinajstić information content (AvgIpc) is 2.80. The normalized spacial score (nSPS) is 15.2. The topological polar surface area (TPSA) is 46.6 Å². The molecule has 1 aliphatic rings. The summed E-state index contributed by atoms with van der Waals surface area (Å²) in [6.07, 6.45) is 2.13. The third-order valence-corrected chi connectivity index (χ3v) is 6.12. The van der Waals surface area contributed by atoms with Crippen molar-refractivity contribution in [2.45, 2.75) is 46.2 Å². The van der Waals surface area contributed by atoms with Crippen LogP contribution in [0.1, 0.15) is 39.2 Å². The third kappa shape index (κ3) is 6.30. The molecular weight excluding hydrogens is 434 g/mol. The number of nitrogens with one attached hydrogen (secondary N) is 1. The molecule has 5 nitrogen and oxygen atoms in total. The van der Waals surface area contributed by atoms with Crippen molar-refractivity contribution in [1.82, 2.24) is 9.88 Å². The highest BCUT2D eigenvalue weighted by Crippen LogP contribution is 2.30. The van der Waals surface area contributed by atoms with E-state index < -0.39 is 0 Å². The van der Waals surface area contributed by atoms with Gasteiger partial charge in [0.25, 0.3) is 0 Å². The standard InChI is InChI=1S/C27H34ClN3O2/c1-4-32-25-15-20(9-10-24(25)33-18-19(2)3)17-31-13-11-22(12-14-31)29-27-23-8-6-5-7-21(23)16-26(28)30-27/h5-10,15-16,19,22H,4,11-14,17-18H2,1-3H3,(H,29,30). The van der Waals surface area contributed by atoms with Crippen molar-refractivity contribution in [2.75, 3.05) is 31.6 Å². The first kappa shape index (κ1) is 23.7. The van der Waals surface area contributed by atoms with Crippen LogP contribution in [0.4, 0.5) is 5.82 Å². The highest BCUT2D eigenvalue weighted by Gasteiger charge is 2.21. The number of anilines is 1. The molecule has 2 aromatic carbocycles. The van der Waals surface area contributed by atoms with Gasteiger partial charge in [-0.1, -0.05) is 55.8 Å². The van der Waals surface area contributed by atoms with E-state index in [0.717, 1.165) is 60.6 Å². The van der Waals surface area contributed by atoms with Gasteiger partial charge < -0.3 is 14.8 Å². The molecule has 33 heavy (non-hydrogen) atoms. The molecule has 176 valence electrons. The van der Waals surface area contributed by atoms with Crippen LogP contribution in [0, 0.1) is 5.92 Å². The highest BCUT2D eigenvalue weighted by molar-refractivity contribution is 6.30. The second-order valence-corrected chi connectivity index (χ2v) is 9.52. The molecule has 0 radical (unpaired) electrons. The molecule has 1 aliphatic heterocycles. The predicted octanol–water partition coefficient (Wildman–Crippen LogP) is 6.40. The fourth-order valence-electron chi connectivity index (χ4n) is 4.26. The van der Waals surface area contributed by atoms with Crippen molar-refractivity contribution >= 4 is 28.2 Å². The molecule has 0 spiro atoms. The summed E-state index contributed by atoms with van der Waals surface area (Å²) in [6.45, 7) is 10.6. The van der Waals surface area contributed by atoms with Gasteiger partial charge in [0.2, 0.25) is 0 Å². The van der Waals surface area contributed by atoms with Crippen molar-refractivity contribution < 1.29 is 9.47 Å². The van der Waals surface area contributed by atoms with Gasteiger partial charge in [-0.3, -0.25) is 4.90 Å². The lowest BCUT2D eigenvalue weighted by atomic mass is 10.0. The van der Waals surface area contributed by atoms with E-state index in [1.165, 1.54) is 5.56 Å². The number of nitrogens with zero attached hydrogens (tertiary/aromatic N) is 2. The van der Waals surface area contributed by atoms with Crippen molar-refractivity contribution in [1.29, 1.82) is 0 Å². The van der Waals surface area contributed by atoms with Crippen LogP contribution in [0.5, 0.6) is 11.5 Å². The van der Waals surface area contributed by atoms with E-state index >= 15 is 0 Å². The fourth-order valence-corrected chi connectivity index (χ4v) is 4.46. The Morgan fingerprint density at radius 3 is 2.61 bits per heavy atom. The number of halogens is 1. The van der Waals surface area contributed by atoms with Gasteiger partial charge >= 0.3 is 0 Å².